The molecule has 16 heavy (non-hydrogen) atoms. The summed E-state index contributed by atoms with van der Waals surface area (Å²) in [5, 5.41) is 14.4. The molecule has 96 valence electrons. The van der Waals surface area contributed by atoms with Crippen LogP contribution in [0, 0.1) is 0 Å². The molecule has 0 aromatic heterocycles. The van der Waals surface area contributed by atoms with Gasteiger partial charge in [-0.05, 0) is 6.92 Å². The second-order valence-corrected chi connectivity index (χ2v) is 6.04. The van der Waals surface area contributed by atoms with E-state index in [0.29, 0.717) is 19.6 Å². The third kappa shape index (κ3) is 11.4. The van der Waals surface area contributed by atoms with Gasteiger partial charge in [0.15, 0.2) is 0 Å². The van der Waals surface area contributed by atoms with Crippen molar-refractivity contribution in [3.05, 3.63) is 0 Å². The molecule has 3 N–H and O–H groups in total. The van der Waals surface area contributed by atoms with Crippen molar-refractivity contribution in [2.24, 2.45) is 0 Å². The van der Waals surface area contributed by atoms with Crippen molar-refractivity contribution in [2.75, 3.05) is 31.6 Å². The van der Waals surface area contributed by atoms with Gasteiger partial charge in [-0.3, -0.25) is 4.79 Å². The highest BCUT2D eigenvalue weighted by Gasteiger charge is 2.06. The molecule has 0 saturated heterocycles. The molecule has 1 atom stereocenters. The zero-order valence-corrected chi connectivity index (χ0v) is 10.5. The minimum atomic E-state index is -3.08. The molecule has 0 aliphatic carbocycles. The number of aliphatic hydroxyl groups excluding tert-OH is 1. The molecule has 0 aliphatic heterocycles. The lowest BCUT2D eigenvalue weighted by Crippen LogP contribution is -2.35. The Morgan fingerprint density at radius 1 is 1.38 bits per heavy atom. The summed E-state index contributed by atoms with van der Waals surface area (Å²) in [7, 11) is -3.08. The van der Waals surface area contributed by atoms with Crippen LogP contribution in [0.3, 0.4) is 0 Å². The summed E-state index contributed by atoms with van der Waals surface area (Å²) in [6.45, 7) is 3.11. The van der Waals surface area contributed by atoms with Crippen LogP contribution in [0.5, 0.6) is 0 Å². The van der Waals surface area contributed by atoms with Gasteiger partial charge in [-0.25, -0.2) is 8.42 Å². The number of carbonyl (C=O) groups is 1. The Balaban J connectivity index is 3.45. The van der Waals surface area contributed by atoms with Crippen LogP contribution < -0.4 is 10.6 Å². The molecule has 0 aromatic carbocycles. The number of hydrogen-bond donors (Lipinski definition) is 3. The summed E-state index contributed by atoms with van der Waals surface area (Å²) in [4.78, 5) is 11.1. The molecule has 0 saturated carbocycles. The number of nitrogens with one attached hydrogen (secondary N) is 2. The van der Waals surface area contributed by atoms with Crippen LogP contribution in [0.25, 0.3) is 0 Å². The normalized spacial score (nSPS) is 13.4. The van der Waals surface area contributed by atoms with E-state index in [2.05, 4.69) is 10.6 Å². The molecule has 0 bridgehead atoms. The van der Waals surface area contributed by atoms with Gasteiger partial charge in [-0.1, -0.05) is 0 Å². The first kappa shape index (κ1) is 15.3. The molecule has 0 aromatic rings. The lowest BCUT2D eigenvalue weighted by Gasteiger charge is -2.07. The Morgan fingerprint density at radius 3 is 2.50 bits per heavy atom. The van der Waals surface area contributed by atoms with Gasteiger partial charge in [-0.2, -0.15) is 0 Å². The fraction of sp³-hybridized carbons (Fsp3) is 0.889. The van der Waals surface area contributed by atoms with Crippen LogP contribution in [0.15, 0.2) is 0 Å². The summed E-state index contributed by atoms with van der Waals surface area (Å²) in [6.07, 6.45) is 0.681. The van der Waals surface area contributed by atoms with Crippen molar-refractivity contribution < 1.29 is 18.3 Å². The van der Waals surface area contributed by atoms with E-state index in [0.717, 1.165) is 6.26 Å². The third-order valence-corrected chi connectivity index (χ3v) is 2.71. The molecular weight excluding hydrogens is 232 g/mol. The first-order valence-electron chi connectivity index (χ1n) is 5.14. The molecule has 1 amide bonds. The summed E-state index contributed by atoms with van der Waals surface area (Å²) in [6, 6.07) is 0. The Hall–Kier alpha value is -0.660. The van der Waals surface area contributed by atoms with E-state index in [-0.39, 0.29) is 18.1 Å². The quantitative estimate of drug-likeness (QED) is 0.457. The second kappa shape index (κ2) is 7.59. The van der Waals surface area contributed by atoms with Gasteiger partial charge in [0.25, 0.3) is 0 Å². The fourth-order valence-corrected chi connectivity index (χ4v) is 1.52. The van der Waals surface area contributed by atoms with Gasteiger partial charge in [0.1, 0.15) is 9.84 Å². The molecule has 1 unspecified atom stereocenters. The van der Waals surface area contributed by atoms with Crippen LogP contribution >= 0.6 is 0 Å². The van der Waals surface area contributed by atoms with E-state index < -0.39 is 15.9 Å². The first-order chi connectivity index (χ1) is 7.31. The Kier molecular flexibility index (Phi) is 7.27. The molecule has 0 radical (unpaired) electrons. The molecule has 6 nitrogen and oxygen atoms in total. The summed E-state index contributed by atoms with van der Waals surface area (Å²) >= 11 is 0. The van der Waals surface area contributed by atoms with E-state index in [4.69, 9.17) is 5.11 Å². The maximum Gasteiger partial charge on any atom is 0.221 e. The standard InChI is InChI=1S/C9H20N2O4S/c1-8(12)7-10-4-5-11-9(13)3-6-16(2,14)15/h8,10,12H,3-7H2,1-2H3,(H,11,13). The van der Waals surface area contributed by atoms with Crippen molar-refractivity contribution in [2.45, 2.75) is 19.4 Å². The summed E-state index contributed by atoms with van der Waals surface area (Å²) in [5.74, 6) is -0.399. The van der Waals surface area contributed by atoms with Crippen molar-refractivity contribution in [1.82, 2.24) is 10.6 Å². The van der Waals surface area contributed by atoms with Gasteiger partial charge in [0.05, 0.1) is 11.9 Å². The van der Waals surface area contributed by atoms with Crippen molar-refractivity contribution >= 4 is 15.7 Å². The highest BCUT2D eigenvalue weighted by atomic mass is 32.2. The highest BCUT2D eigenvalue weighted by Crippen LogP contribution is 1.88. The maximum atomic E-state index is 11.1. The van der Waals surface area contributed by atoms with Crippen LogP contribution in [0.4, 0.5) is 0 Å². The predicted octanol–water partition coefficient (Wildman–Crippen LogP) is -1.49. The lowest BCUT2D eigenvalue weighted by atomic mass is 10.4. The lowest BCUT2D eigenvalue weighted by molar-refractivity contribution is -0.120. The summed E-state index contributed by atoms with van der Waals surface area (Å²) < 4.78 is 21.5. The fourth-order valence-electron chi connectivity index (χ4n) is 0.968. The van der Waals surface area contributed by atoms with Gasteiger partial charge >= 0.3 is 0 Å². The second-order valence-electron chi connectivity index (χ2n) is 3.78. The maximum absolute atomic E-state index is 11.1. The van der Waals surface area contributed by atoms with Crippen LogP contribution in [0.2, 0.25) is 0 Å². The number of hydrogen-bond acceptors (Lipinski definition) is 5. The monoisotopic (exact) mass is 252 g/mol. The van der Waals surface area contributed by atoms with Crippen molar-refractivity contribution in [3.63, 3.8) is 0 Å². The molecule has 0 spiro atoms. The molecule has 0 rings (SSSR count). The van der Waals surface area contributed by atoms with E-state index >= 15 is 0 Å². The zero-order valence-electron chi connectivity index (χ0n) is 9.69. The highest BCUT2D eigenvalue weighted by molar-refractivity contribution is 7.90. The predicted molar refractivity (Wildman–Crippen MR) is 61.9 cm³/mol. The molecule has 0 fully saturated rings. The average molecular weight is 252 g/mol. The molecule has 0 heterocycles. The van der Waals surface area contributed by atoms with E-state index in [1.165, 1.54) is 0 Å². The third-order valence-electron chi connectivity index (χ3n) is 1.76. The number of carbonyl (C=O) groups excluding carboxylic acids is 1. The van der Waals surface area contributed by atoms with Gasteiger partial charge in [0.2, 0.25) is 5.91 Å². The van der Waals surface area contributed by atoms with E-state index in [9.17, 15) is 13.2 Å². The van der Waals surface area contributed by atoms with E-state index in [1.807, 2.05) is 0 Å². The van der Waals surface area contributed by atoms with Crippen LogP contribution in [-0.4, -0.2) is 57.2 Å². The number of aliphatic hydroxyl groups is 1. The Bertz CT molecular complexity index is 301. The zero-order chi connectivity index (χ0) is 12.6. The first-order valence-corrected chi connectivity index (χ1v) is 7.20. The number of sulfone groups is 1. The number of amides is 1. The van der Waals surface area contributed by atoms with E-state index in [1.54, 1.807) is 6.92 Å². The minimum absolute atomic E-state index is 0.00473. The molecule has 0 aliphatic rings. The smallest absolute Gasteiger partial charge is 0.221 e. The van der Waals surface area contributed by atoms with Gasteiger partial charge in [-0.15, -0.1) is 0 Å². The minimum Gasteiger partial charge on any atom is -0.392 e. The average Bonchev–Trinajstić information content (AvgIpc) is 2.12. The Morgan fingerprint density at radius 2 is 2.00 bits per heavy atom. The van der Waals surface area contributed by atoms with Gasteiger partial charge in [0, 0.05) is 32.3 Å². The molecule has 7 heteroatoms. The van der Waals surface area contributed by atoms with Crippen molar-refractivity contribution in [1.29, 1.82) is 0 Å². The number of rotatable bonds is 8. The Labute approximate surface area is 96.3 Å². The van der Waals surface area contributed by atoms with Crippen LogP contribution in [-0.2, 0) is 14.6 Å². The van der Waals surface area contributed by atoms with Crippen LogP contribution in [0.1, 0.15) is 13.3 Å². The summed E-state index contributed by atoms with van der Waals surface area (Å²) in [5.41, 5.74) is 0. The van der Waals surface area contributed by atoms with Crippen molar-refractivity contribution in [3.8, 4) is 0 Å². The topological polar surface area (TPSA) is 95.5 Å². The largest absolute Gasteiger partial charge is 0.392 e. The SMILES string of the molecule is CC(O)CNCCNC(=O)CCS(C)(=O)=O. The molecular formula is C9H20N2O4S. The van der Waals surface area contributed by atoms with Gasteiger partial charge < -0.3 is 15.7 Å².